The molecular weight excluding hydrogens is 478 g/mol. The Balaban J connectivity index is 2.06. The van der Waals surface area contributed by atoms with Gasteiger partial charge in [-0.2, -0.15) is 0 Å². The summed E-state index contributed by atoms with van der Waals surface area (Å²) in [7, 11) is 1.53. The zero-order valence-corrected chi connectivity index (χ0v) is 16.7. The summed E-state index contributed by atoms with van der Waals surface area (Å²) < 4.78 is 6.20. The van der Waals surface area contributed by atoms with Gasteiger partial charge in [0, 0.05) is 22.2 Å². The number of rotatable bonds is 4. The smallest absolute Gasteiger partial charge is 0.270 e. The number of nitro benzene ring substituents is 1. The lowest BCUT2D eigenvalue weighted by atomic mass is 10.2. The Hall–Kier alpha value is -2.04. The van der Waals surface area contributed by atoms with E-state index in [-0.39, 0.29) is 10.8 Å². The lowest BCUT2D eigenvalue weighted by Crippen LogP contribution is -2.34. The minimum atomic E-state index is -0.504. The monoisotopic (exact) mass is 487 g/mol. The largest absolute Gasteiger partial charge is 0.496 e. The number of halogens is 2. The van der Waals surface area contributed by atoms with Gasteiger partial charge in [0.05, 0.1) is 22.2 Å². The topological polar surface area (TPSA) is 93.5 Å². The SMILES string of the molecule is COc1ccc(C(=O)NC(=S)Nc2ccc([N+](=O)[O-])cc2Br)cc1Br. The molecule has 0 saturated carbocycles. The number of nitrogens with zero attached hydrogens (tertiary/aromatic N) is 1. The van der Waals surface area contributed by atoms with Gasteiger partial charge in [-0.1, -0.05) is 0 Å². The van der Waals surface area contributed by atoms with Gasteiger partial charge >= 0.3 is 0 Å². The van der Waals surface area contributed by atoms with Crippen molar-refractivity contribution in [2.75, 3.05) is 12.4 Å². The van der Waals surface area contributed by atoms with Crippen molar-refractivity contribution in [2.45, 2.75) is 0 Å². The van der Waals surface area contributed by atoms with Gasteiger partial charge in [0.15, 0.2) is 5.11 Å². The van der Waals surface area contributed by atoms with Crippen molar-refractivity contribution in [3.63, 3.8) is 0 Å². The van der Waals surface area contributed by atoms with Crippen LogP contribution in [0.4, 0.5) is 11.4 Å². The summed E-state index contributed by atoms with van der Waals surface area (Å²) in [5.74, 6) is 0.200. The van der Waals surface area contributed by atoms with Crippen molar-refractivity contribution in [1.29, 1.82) is 0 Å². The Morgan fingerprint density at radius 3 is 2.48 bits per heavy atom. The molecule has 0 saturated heterocycles. The molecule has 2 N–H and O–H groups in total. The number of nitro groups is 1. The van der Waals surface area contributed by atoms with E-state index in [0.29, 0.717) is 25.9 Å². The van der Waals surface area contributed by atoms with Gasteiger partial charge in [0.2, 0.25) is 0 Å². The van der Waals surface area contributed by atoms with E-state index in [1.54, 1.807) is 18.2 Å². The third kappa shape index (κ3) is 4.97. The molecule has 0 aliphatic carbocycles. The minimum absolute atomic E-state index is 0.0598. The number of thiocarbonyl (C=S) groups is 1. The fourth-order valence-corrected chi connectivity index (χ4v) is 3.06. The second kappa shape index (κ2) is 8.37. The summed E-state index contributed by atoms with van der Waals surface area (Å²) >= 11 is 11.6. The number of methoxy groups -OCH3 is 1. The Kier molecular flexibility index (Phi) is 6.45. The molecule has 2 rings (SSSR count). The predicted octanol–water partition coefficient (Wildman–Crippen LogP) is 4.26. The Morgan fingerprint density at radius 2 is 1.92 bits per heavy atom. The number of amides is 1. The molecule has 0 aliphatic rings. The quantitative estimate of drug-likeness (QED) is 0.379. The number of carbonyl (C=O) groups is 1. The Bertz CT molecular complexity index is 861. The van der Waals surface area contributed by atoms with Crippen LogP contribution in [-0.2, 0) is 0 Å². The number of nitrogens with one attached hydrogen (secondary N) is 2. The first kappa shape index (κ1) is 19.3. The molecule has 0 bridgehead atoms. The molecule has 0 fully saturated rings. The lowest BCUT2D eigenvalue weighted by molar-refractivity contribution is -0.384. The van der Waals surface area contributed by atoms with Crippen LogP contribution in [0.15, 0.2) is 45.3 Å². The average molecular weight is 489 g/mol. The highest BCUT2D eigenvalue weighted by atomic mass is 79.9. The van der Waals surface area contributed by atoms with Crippen LogP contribution in [0.25, 0.3) is 0 Å². The summed E-state index contributed by atoms with van der Waals surface area (Å²) in [6, 6.07) is 9.03. The van der Waals surface area contributed by atoms with Crippen LogP contribution in [-0.4, -0.2) is 23.1 Å². The van der Waals surface area contributed by atoms with Crippen molar-refractivity contribution in [3.05, 3.63) is 61.0 Å². The van der Waals surface area contributed by atoms with Crippen molar-refractivity contribution < 1.29 is 14.5 Å². The molecule has 10 heteroatoms. The second-order valence-corrected chi connectivity index (χ2v) is 6.80. The second-order valence-electron chi connectivity index (χ2n) is 4.68. The maximum Gasteiger partial charge on any atom is 0.270 e. The number of benzene rings is 2. The highest BCUT2D eigenvalue weighted by molar-refractivity contribution is 9.11. The zero-order valence-electron chi connectivity index (χ0n) is 12.7. The molecule has 7 nitrogen and oxygen atoms in total. The van der Waals surface area contributed by atoms with Crippen LogP contribution in [0, 0.1) is 10.1 Å². The van der Waals surface area contributed by atoms with Crippen LogP contribution in [0.2, 0.25) is 0 Å². The lowest BCUT2D eigenvalue weighted by Gasteiger charge is -2.11. The Morgan fingerprint density at radius 1 is 1.20 bits per heavy atom. The van der Waals surface area contributed by atoms with E-state index in [1.165, 1.54) is 25.3 Å². The maximum atomic E-state index is 12.2. The number of carbonyl (C=O) groups excluding carboxylic acids is 1. The zero-order chi connectivity index (χ0) is 18.6. The number of non-ortho nitro benzene ring substituents is 1. The van der Waals surface area contributed by atoms with Crippen molar-refractivity contribution in [1.82, 2.24) is 5.32 Å². The van der Waals surface area contributed by atoms with E-state index >= 15 is 0 Å². The van der Waals surface area contributed by atoms with E-state index in [9.17, 15) is 14.9 Å². The third-order valence-electron chi connectivity index (χ3n) is 3.05. The van der Waals surface area contributed by atoms with Gasteiger partial charge in [-0.15, -0.1) is 0 Å². The van der Waals surface area contributed by atoms with Crippen LogP contribution < -0.4 is 15.4 Å². The molecule has 1 amide bonds. The maximum absolute atomic E-state index is 12.2. The minimum Gasteiger partial charge on any atom is -0.496 e. The molecule has 0 spiro atoms. The third-order valence-corrected chi connectivity index (χ3v) is 4.53. The summed E-state index contributed by atoms with van der Waals surface area (Å²) in [6.45, 7) is 0. The molecule has 0 radical (unpaired) electrons. The standard InChI is InChI=1S/C15H11Br2N3O4S/c1-24-13-5-2-8(6-11(13)17)14(21)19-15(25)18-12-4-3-9(20(22)23)7-10(12)16/h2-7H,1H3,(H2,18,19,21,25). The summed E-state index contributed by atoms with van der Waals surface area (Å²) in [5, 5.41) is 16.1. The van der Waals surface area contributed by atoms with Gasteiger partial charge in [0.25, 0.3) is 11.6 Å². The van der Waals surface area contributed by atoms with Crippen LogP contribution in [0.1, 0.15) is 10.4 Å². The van der Waals surface area contributed by atoms with Gasteiger partial charge in [-0.05, 0) is 68.3 Å². The van der Waals surface area contributed by atoms with Crippen molar-refractivity contribution >= 4 is 66.5 Å². The number of anilines is 1. The van der Waals surface area contributed by atoms with Crippen LogP contribution in [0.3, 0.4) is 0 Å². The molecule has 0 atom stereocenters. The number of ether oxygens (including phenoxy) is 1. The summed E-state index contributed by atoms with van der Waals surface area (Å²) in [6.07, 6.45) is 0. The molecule has 25 heavy (non-hydrogen) atoms. The normalized spacial score (nSPS) is 10.0. The predicted molar refractivity (Wildman–Crippen MR) is 105 cm³/mol. The molecular formula is C15H11Br2N3O4S. The van der Waals surface area contributed by atoms with E-state index in [0.717, 1.165) is 0 Å². The summed E-state index contributed by atoms with van der Waals surface area (Å²) in [5.41, 5.74) is 0.821. The Labute approximate surface area is 165 Å². The first-order valence-corrected chi connectivity index (χ1v) is 8.71. The molecule has 2 aromatic rings. The first-order valence-electron chi connectivity index (χ1n) is 6.71. The van der Waals surface area contributed by atoms with Crippen molar-refractivity contribution in [3.8, 4) is 5.75 Å². The summed E-state index contributed by atoms with van der Waals surface area (Å²) in [4.78, 5) is 22.5. The van der Waals surface area contributed by atoms with E-state index in [4.69, 9.17) is 17.0 Å². The van der Waals surface area contributed by atoms with E-state index in [1.807, 2.05) is 0 Å². The molecule has 0 heterocycles. The van der Waals surface area contributed by atoms with E-state index < -0.39 is 10.8 Å². The molecule has 130 valence electrons. The van der Waals surface area contributed by atoms with Crippen LogP contribution >= 0.6 is 44.1 Å². The molecule has 0 unspecified atom stereocenters. The number of hydrogen-bond acceptors (Lipinski definition) is 5. The molecule has 0 aliphatic heterocycles. The number of hydrogen-bond donors (Lipinski definition) is 2. The van der Waals surface area contributed by atoms with Gasteiger partial charge in [-0.25, -0.2) is 0 Å². The first-order chi connectivity index (χ1) is 11.8. The fourth-order valence-electron chi connectivity index (χ4n) is 1.86. The highest BCUT2D eigenvalue weighted by Crippen LogP contribution is 2.27. The van der Waals surface area contributed by atoms with E-state index in [2.05, 4.69) is 42.5 Å². The molecule has 0 aromatic heterocycles. The van der Waals surface area contributed by atoms with Gasteiger partial charge in [-0.3, -0.25) is 20.2 Å². The molecule has 2 aromatic carbocycles. The fraction of sp³-hybridized carbons (Fsp3) is 0.0667. The highest BCUT2D eigenvalue weighted by Gasteiger charge is 2.13. The van der Waals surface area contributed by atoms with Gasteiger partial charge in [0.1, 0.15) is 5.75 Å². The average Bonchev–Trinajstić information content (AvgIpc) is 2.56. The van der Waals surface area contributed by atoms with Crippen molar-refractivity contribution in [2.24, 2.45) is 0 Å². The van der Waals surface area contributed by atoms with Gasteiger partial charge < -0.3 is 10.1 Å². The van der Waals surface area contributed by atoms with Crippen LogP contribution in [0.5, 0.6) is 5.75 Å².